The molecule has 0 amide bonds. The number of hydrogen-bond acceptors (Lipinski definition) is 2. The Bertz CT molecular complexity index is 362. The molecule has 0 saturated carbocycles. The smallest absolute Gasteiger partial charge is 0.188 e. The predicted octanol–water partition coefficient (Wildman–Crippen LogP) is 4.20. The maximum atomic E-state index is 11.5. The summed E-state index contributed by atoms with van der Waals surface area (Å²) in [5, 5.41) is 0. The minimum Gasteiger partial charge on any atom is -0.289 e. The van der Waals surface area contributed by atoms with Crippen molar-refractivity contribution in [3.05, 3.63) is 32.0 Å². The number of hydrogen-bond donors (Lipinski definition) is 0. The average Bonchev–Trinajstić information content (AvgIpc) is 2.28. The molecule has 1 heterocycles. The molecule has 1 aromatic heterocycles. The molecule has 0 bridgehead atoms. The zero-order valence-electron chi connectivity index (χ0n) is 7.23. The van der Waals surface area contributed by atoms with E-state index in [4.69, 9.17) is 23.2 Å². The second-order valence-corrected chi connectivity index (χ2v) is 5.11. The van der Waals surface area contributed by atoms with Gasteiger partial charge in [-0.2, -0.15) is 0 Å². The Morgan fingerprint density at radius 3 is 2.46 bits per heavy atom. The molecule has 4 heteroatoms. The van der Waals surface area contributed by atoms with Crippen molar-refractivity contribution in [2.45, 2.75) is 13.8 Å². The summed E-state index contributed by atoms with van der Waals surface area (Å²) in [6.45, 7) is 3.72. The van der Waals surface area contributed by atoms with Crippen molar-refractivity contribution in [2.75, 3.05) is 0 Å². The van der Waals surface area contributed by atoms with E-state index in [0.717, 1.165) is 5.57 Å². The Hall–Kier alpha value is -0.310. The van der Waals surface area contributed by atoms with Gasteiger partial charge in [-0.05, 0) is 26.0 Å². The van der Waals surface area contributed by atoms with Crippen molar-refractivity contribution in [2.24, 2.45) is 0 Å². The van der Waals surface area contributed by atoms with Gasteiger partial charge < -0.3 is 0 Å². The van der Waals surface area contributed by atoms with Gasteiger partial charge in [-0.3, -0.25) is 4.79 Å². The van der Waals surface area contributed by atoms with Crippen LogP contribution in [0.3, 0.4) is 0 Å². The molecule has 0 aliphatic rings. The SMILES string of the molecule is CC(C)=CC(=O)c1cc(Cl)sc1Cl. The van der Waals surface area contributed by atoms with Crippen LogP contribution in [-0.2, 0) is 0 Å². The molecule has 0 unspecified atom stereocenters. The normalized spacial score (nSPS) is 9.85. The van der Waals surface area contributed by atoms with Crippen LogP contribution in [0.1, 0.15) is 24.2 Å². The maximum absolute atomic E-state index is 11.5. The minimum atomic E-state index is -0.0897. The van der Waals surface area contributed by atoms with Crippen molar-refractivity contribution in [1.82, 2.24) is 0 Å². The van der Waals surface area contributed by atoms with Crippen molar-refractivity contribution in [1.29, 1.82) is 0 Å². The first-order chi connectivity index (χ1) is 6.00. The van der Waals surface area contributed by atoms with Gasteiger partial charge in [0.25, 0.3) is 0 Å². The van der Waals surface area contributed by atoms with Crippen LogP contribution in [0, 0.1) is 0 Å². The number of thiophene rings is 1. The molecule has 0 aromatic carbocycles. The highest BCUT2D eigenvalue weighted by atomic mass is 35.5. The second kappa shape index (κ2) is 4.27. The molecule has 0 radical (unpaired) electrons. The molecular formula is C9H8Cl2OS. The first kappa shape index (κ1) is 10.8. The summed E-state index contributed by atoms with van der Waals surface area (Å²) < 4.78 is 0.989. The minimum absolute atomic E-state index is 0.0897. The van der Waals surface area contributed by atoms with Crippen LogP contribution in [0.25, 0.3) is 0 Å². The summed E-state index contributed by atoms with van der Waals surface area (Å²) in [6, 6.07) is 1.59. The van der Waals surface area contributed by atoms with Crippen LogP contribution in [0.5, 0.6) is 0 Å². The lowest BCUT2D eigenvalue weighted by Crippen LogP contribution is -1.92. The van der Waals surface area contributed by atoms with Gasteiger partial charge in [0.15, 0.2) is 5.78 Å². The van der Waals surface area contributed by atoms with Gasteiger partial charge in [0.05, 0.1) is 9.90 Å². The molecule has 1 nitrogen and oxygen atoms in total. The van der Waals surface area contributed by atoms with E-state index in [1.807, 2.05) is 13.8 Å². The van der Waals surface area contributed by atoms with E-state index in [0.29, 0.717) is 14.2 Å². The van der Waals surface area contributed by atoms with Gasteiger partial charge in [-0.25, -0.2) is 0 Å². The van der Waals surface area contributed by atoms with Crippen LogP contribution in [-0.4, -0.2) is 5.78 Å². The quantitative estimate of drug-likeness (QED) is 0.554. The van der Waals surface area contributed by atoms with E-state index in [1.165, 1.54) is 11.3 Å². The Morgan fingerprint density at radius 1 is 1.46 bits per heavy atom. The summed E-state index contributed by atoms with van der Waals surface area (Å²) in [5.41, 5.74) is 1.43. The van der Waals surface area contributed by atoms with Crippen LogP contribution in [0.15, 0.2) is 17.7 Å². The lowest BCUT2D eigenvalue weighted by molar-refractivity contribution is 0.104. The Balaban J connectivity index is 3.02. The van der Waals surface area contributed by atoms with E-state index in [2.05, 4.69) is 0 Å². The zero-order chi connectivity index (χ0) is 10.0. The summed E-state index contributed by atoms with van der Waals surface area (Å²) in [7, 11) is 0. The molecule has 1 rings (SSSR count). The van der Waals surface area contributed by atoms with Crippen molar-refractivity contribution < 1.29 is 4.79 Å². The molecular weight excluding hydrogens is 227 g/mol. The van der Waals surface area contributed by atoms with Gasteiger partial charge in [0.2, 0.25) is 0 Å². The van der Waals surface area contributed by atoms with Crippen molar-refractivity contribution in [3.8, 4) is 0 Å². The van der Waals surface area contributed by atoms with Crippen LogP contribution in [0.4, 0.5) is 0 Å². The Morgan fingerprint density at radius 2 is 2.08 bits per heavy atom. The van der Waals surface area contributed by atoms with E-state index in [-0.39, 0.29) is 5.78 Å². The predicted molar refractivity (Wildman–Crippen MR) is 58.1 cm³/mol. The number of ketones is 1. The van der Waals surface area contributed by atoms with Gasteiger partial charge in [0.1, 0.15) is 4.34 Å². The fourth-order valence-electron chi connectivity index (χ4n) is 0.848. The third-order valence-electron chi connectivity index (χ3n) is 1.34. The van der Waals surface area contributed by atoms with Gasteiger partial charge in [-0.15, -0.1) is 11.3 Å². The molecule has 0 atom stereocenters. The van der Waals surface area contributed by atoms with E-state index < -0.39 is 0 Å². The molecule has 1 aromatic rings. The molecule has 13 heavy (non-hydrogen) atoms. The monoisotopic (exact) mass is 234 g/mol. The van der Waals surface area contributed by atoms with E-state index in [1.54, 1.807) is 12.1 Å². The van der Waals surface area contributed by atoms with Gasteiger partial charge in [-0.1, -0.05) is 28.8 Å². The lowest BCUT2D eigenvalue weighted by Gasteiger charge is -1.91. The fraction of sp³-hybridized carbons (Fsp3) is 0.222. The van der Waals surface area contributed by atoms with E-state index in [9.17, 15) is 4.79 Å². The number of halogens is 2. The molecule has 70 valence electrons. The van der Waals surface area contributed by atoms with Crippen molar-refractivity contribution >= 4 is 40.3 Å². The number of carbonyl (C=O) groups excluding carboxylic acids is 1. The molecule has 0 N–H and O–H groups in total. The van der Waals surface area contributed by atoms with Crippen LogP contribution >= 0.6 is 34.5 Å². The highest BCUT2D eigenvalue weighted by Crippen LogP contribution is 2.31. The van der Waals surface area contributed by atoms with Gasteiger partial charge in [0, 0.05) is 0 Å². The highest BCUT2D eigenvalue weighted by Gasteiger charge is 2.11. The summed E-state index contributed by atoms with van der Waals surface area (Å²) in [4.78, 5) is 11.5. The summed E-state index contributed by atoms with van der Waals surface area (Å²) in [5.74, 6) is -0.0897. The molecule has 0 saturated heterocycles. The molecule has 0 fully saturated rings. The first-order valence-corrected chi connectivity index (χ1v) is 5.22. The average molecular weight is 235 g/mol. The van der Waals surface area contributed by atoms with E-state index >= 15 is 0 Å². The molecule has 0 spiro atoms. The topological polar surface area (TPSA) is 17.1 Å². The maximum Gasteiger partial charge on any atom is 0.188 e. The standard InChI is InChI=1S/C9H8Cl2OS/c1-5(2)3-7(12)6-4-8(10)13-9(6)11/h3-4H,1-2H3. The molecule has 0 aliphatic carbocycles. The largest absolute Gasteiger partial charge is 0.289 e. The zero-order valence-corrected chi connectivity index (χ0v) is 9.56. The van der Waals surface area contributed by atoms with Crippen LogP contribution in [0.2, 0.25) is 8.67 Å². The van der Waals surface area contributed by atoms with Gasteiger partial charge >= 0.3 is 0 Å². The summed E-state index contributed by atoms with van der Waals surface area (Å²) >= 11 is 12.7. The van der Waals surface area contributed by atoms with Crippen LogP contribution < -0.4 is 0 Å². The summed E-state index contributed by atoms with van der Waals surface area (Å²) in [6.07, 6.45) is 1.55. The van der Waals surface area contributed by atoms with Crippen molar-refractivity contribution in [3.63, 3.8) is 0 Å². The first-order valence-electron chi connectivity index (χ1n) is 3.65. The molecule has 0 aliphatic heterocycles. The Labute approximate surface area is 91.0 Å². The third kappa shape index (κ3) is 2.83. The fourth-order valence-corrected chi connectivity index (χ4v) is 2.32. The Kier molecular flexibility index (Phi) is 3.54. The number of carbonyl (C=O) groups is 1. The highest BCUT2D eigenvalue weighted by molar-refractivity contribution is 7.20. The number of allylic oxidation sites excluding steroid dienone is 2. The lowest BCUT2D eigenvalue weighted by atomic mass is 10.2. The second-order valence-electron chi connectivity index (χ2n) is 2.82. The number of rotatable bonds is 2. The third-order valence-corrected chi connectivity index (χ3v) is 2.83.